The summed E-state index contributed by atoms with van der Waals surface area (Å²) in [5.74, 6) is -0.980. The SMILES string of the molecule is CCOC(=O)c1cccc(C(=O)c2cccc(OCC(C)C(=O)OCC)c2)c1. The van der Waals surface area contributed by atoms with Gasteiger partial charge in [-0.15, -0.1) is 0 Å². The van der Waals surface area contributed by atoms with Gasteiger partial charge >= 0.3 is 11.9 Å². The van der Waals surface area contributed by atoms with E-state index in [0.717, 1.165) is 0 Å². The molecule has 0 N–H and O–H groups in total. The van der Waals surface area contributed by atoms with Gasteiger partial charge in [-0.3, -0.25) is 9.59 Å². The van der Waals surface area contributed by atoms with Crippen LogP contribution in [0.15, 0.2) is 48.5 Å². The van der Waals surface area contributed by atoms with E-state index in [-0.39, 0.29) is 25.0 Å². The Hall–Kier alpha value is -3.15. The molecule has 0 saturated heterocycles. The van der Waals surface area contributed by atoms with Gasteiger partial charge in [0.25, 0.3) is 0 Å². The maximum absolute atomic E-state index is 12.8. The van der Waals surface area contributed by atoms with Crippen molar-refractivity contribution >= 4 is 17.7 Å². The number of hydrogen-bond acceptors (Lipinski definition) is 6. The highest BCUT2D eigenvalue weighted by Gasteiger charge is 2.16. The average Bonchev–Trinajstić information content (AvgIpc) is 2.72. The van der Waals surface area contributed by atoms with Crippen LogP contribution in [0.1, 0.15) is 47.1 Å². The second kappa shape index (κ2) is 10.3. The normalized spacial score (nSPS) is 11.4. The van der Waals surface area contributed by atoms with Crippen LogP contribution in [0.25, 0.3) is 0 Å². The van der Waals surface area contributed by atoms with Crippen LogP contribution < -0.4 is 4.74 Å². The van der Waals surface area contributed by atoms with E-state index < -0.39 is 11.9 Å². The summed E-state index contributed by atoms with van der Waals surface area (Å²) in [6, 6.07) is 13.1. The molecule has 6 heteroatoms. The van der Waals surface area contributed by atoms with E-state index in [9.17, 15) is 14.4 Å². The van der Waals surface area contributed by atoms with Gasteiger partial charge in [0.05, 0.1) is 24.7 Å². The molecule has 0 aliphatic heterocycles. The molecule has 0 saturated carbocycles. The van der Waals surface area contributed by atoms with E-state index in [2.05, 4.69) is 0 Å². The minimum absolute atomic E-state index is 0.148. The lowest BCUT2D eigenvalue weighted by molar-refractivity contribution is -0.148. The molecule has 0 aliphatic carbocycles. The number of carbonyl (C=O) groups is 3. The van der Waals surface area contributed by atoms with Crippen LogP contribution in [0, 0.1) is 5.92 Å². The highest BCUT2D eigenvalue weighted by atomic mass is 16.5. The first kappa shape index (κ1) is 21.2. The van der Waals surface area contributed by atoms with Gasteiger partial charge < -0.3 is 14.2 Å². The van der Waals surface area contributed by atoms with E-state index in [1.807, 2.05) is 0 Å². The van der Waals surface area contributed by atoms with Crippen LogP contribution in [0.4, 0.5) is 0 Å². The summed E-state index contributed by atoms with van der Waals surface area (Å²) >= 11 is 0. The van der Waals surface area contributed by atoms with Crippen molar-refractivity contribution in [1.29, 1.82) is 0 Å². The fourth-order valence-electron chi connectivity index (χ4n) is 2.47. The maximum atomic E-state index is 12.8. The quantitative estimate of drug-likeness (QED) is 0.485. The molecule has 28 heavy (non-hydrogen) atoms. The third-order valence-electron chi connectivity index (χ3n) is 3.92. The topological polar surface area (TPSA) is 78.9 Å². The van der Waals surface area contributed by atoms with Crippen LogP contribution in [0.5, 0.6) is 5.75 Å². The predicted molar refractivity (Wildman–Crippen MR) is 104 cm³/mol. The molecule has 0 amide bonds. The number of hydrogen-bond donors (Lipinski definition) is 0. The fraction of sp³-hybridized carbons (Fsp3) is 0.318. The molecule has 0 radical (unpaired) electrons. The average molecular weight is 384 g/mol. The number of esters is 2. The molecular weight excluding hydrogens is 360 g/mol. The van der Waals surface area contributed by atoms with E-state index in [4.69, 9.17) is 14.2 Å². The summed E-state index contributed by atoms with van der Waals surface area (Å²) in [4.78, 5) is 36.3. The van der Waals surface area contributed by atoms with E-state index in [1.165, 1.54) is 6.07 Å². The Bertz CT molecular complexity index is 842. The van der Waals surface area contributed by atoms with Crippen molar-refractivity contribution < 1.29 is 28.6 Å². The Balaban J connectivity index is 2.11. The second-order valence-corrected chi connectivity index (χ2v) is 6.12. The first-order valence-corrected chi connectivity index (χ1v) is 9.17. The zero-order valence-corrected chi connectivity index (χ0v) is 16.3. The maximum Gasteiger partial charge on any atom is 0.338 e. The van der Waals surface area contributed by atoms with Gasteiger partial charge in [-0.05, 0) is 45.0 Å². The van der Waals surface area contributed by atoms with E-state index >= 15 is 0 Å². The summed E-state index contributed by atoms with van der Waals surface area (Å²) < 4.78 is 15.5. The largest absolute Gasteiger partial charge is 0.493 e. The lowest BCUT2D eigenvalue weighted by Crippen LogP contribution is -2.21. The van der Waals surface area contributed by atoms with Crippen molar-refractivity contribution in [3.8, 4) is 5.75 Å². The van der Waals surface area contributed by atoms with E-state index in [1.54, 1.807) is 63.2 Å². The van der Waals surface area contributed by atoms with Gasteiger partial charge in [-0.1, -0.05) is 24.3 Å². The standard InChI is InChI=1S/C22H24O6/c1-4-26-21(24)15(3)14-28-19-11-7-9-17(13-19)20(23)16-8-6-10-18(12-16)22(25)27-5-2/h6-13,15H,4-5,14H2,1-3H3. The summed E-state index contributed by atoms with van der Waals surface area (Å²) in [6.45, 7) is 5.92. The molecular formula is C22H24O6. The van der Waals surface area contributed by atoms with Crippen molar-refractivity contribution in [2.45, 2.75) is 20.8 Å². The number of ketones is 1. The van der Waals surface area contributed by atoms with Crippen molar-refractivity contribution in [3.05, 3.63) is 65.2 Å². The number of ether oxygens (including phenoxy) is 3. The number of rotatable bonds is 9. The zero-order valence-electron chi connectivity index (χ0n) is 16.3. The molecule has 1 atom stereocenters. The highest BCUT2D eigenvalue weighted by molar-refractivity contribution is 6.10. The zero-order chi connectivity index (χ0) is 20.5. The smallest absolute Gasteiger partial charge is 0.338 e. The van der Waals surface area contributed by atoms with Gasteiger partial charge in [0.2, 0.25) is 0 Å². The molecule has 0 spiro atoms. The molecule has 2 rings (SSSR count). The molecule has 0 aliphatic rings. The van der Waals surface area contributed by atoms with Crippen molar-refractivity contribution in [2.24, 2.45) is 5.92 Å². The van der Waals surface area contributed by atoms with Crippen molar-refractivity contribution in [2.75, 3.05) is 19.8 Å². The van der Waals surface area contributed by atoms with Crippen molar-refractivity contribution in [3.63, 3.8) is 0 Å². The van der Waals surface area contributed by atoms with Crippen LogP contribution in [0.3, 0.4) is 0 Å². The summed E-state index contributed by atoms with van der Waals surface area (Å²) in [7, 11) is 0. The molecule has 2 aromatic rings. The predicted octanol–water partition coefficient (Wildman–Crippen LogP) is 3.67. The van der Waals surface area contributed by atoms with E-state index in [0.29, 0.717) is 29.0 Å². The Kier molecular flexibility index (Phi) is 7.75. The summed E-state index contributed by atoms with van der Waals surface area (Å²) in [5.41, 5.74) is 1.12. The molecule has 0 fully saturated rings. The van der Waals surface area contributed by atoms with Crippen LogP contribution in [-0.4, -0.2) is 37.5 Å². The number of carbonyl (C=O) groups excluding carboxylic acids is 3. The van der Waals surface area contributed by atoms with Gasteiger partial charge in [0.15, 0.2) is 5.78 Å². The van der Waals surface area contributed by atoms with Crippen LogP contribution >= 0.6 is 0 Å². The first-order valence-electron chi connectivity index (χ1n) is 9.17. The molecule has 0 heterocycles. The molecule has 1 unspecified atom stereocenters. The van der Waals surface area contributed by atoms with Crippen molar-refractivity contribution in [1.82, 2.24) is 0 Å². The van der Waals surface area contributed by atoms with Gasteiger partial charge in [0, 0.05) is 11.1 Å². The summed E-state index contributed by atoms with van der Waals surface area (Å²) in [6.07, 6.45) is 0. The third-order valence-corrected chi connectivity index (χ3v) is 3.92. The Labute approximate surface area is 164 Å². The first-order chi connectivity index (χ1) is 13.5. The van der Waals surface area contributed by atoms with Crippen LogP contribution in [0.2, 0.25) is 0 Å². The Morgan fingerprint density at radius 3 is 2.14 bits per heavy atom. The fourth-order valence-corrected chi connectivity index (χ4v) is 2.47. The van der Waals surface area contributed by atoms with Crippen LogP contribution in [-0.2, 0) is 14.3 Å². The highest BCUT2D eigenvalue weighted by Crippen LogP contribution is 2.19. The Morgan fingerprint density at radius 2 is 1.46 bits per heavy atom. The monoisotopic (exact) mass is 384 g/mol. The summed E-state index contributed by atoms with van der Waals surface area (Å²) in [5, 5.41) is 0. The third kappa shape index (κ3) is 5.67. The molecule has 0 bridgehead atoms. The number of benzene rings is 2. The van der Waals surface area contributed by atoms with Gasteiger partial charge in [-0.2, -0.15) is 0 Å². The minimum atomic E-state index is -0.470. The Morgan fingerprint density at radius 1 is 0.857 bits per heavy atom. The molecule has 2 aromatic carbocycles. The lowest BCUT2D eigenvalue weighted by atomic mass is 10.0. The molecule has 0 aromatic heterocycles. The second-order valence-electron chi connectivity index (χ2n) is 6.12. The van der Waals surface area contributed by atoms with Gasteiger partial charge in [0.1, 0.15) is 12.4 Å². The van der Waals surface area contributed by atoms with Gasteiger partial charge in [-0.25, -0.2) is 4.79 Å². The molecule has 6 nitrogen and oxygen atoms in total. The molecule has 148 valence electrons. The minimum Gasteiger partial charge on any atom is -0.493 e. The lowest BCUT2D eigenvalue weighted by Gasteiger charge is -2.12.